The predicted octanol–water partition coefficient (Wildman–Crippen LogP) is 4.86. The maximum atomic E-state index is 9.62. The number of aliphatic hydroxyl groups excluding tert-OH is 1. The monoisotopic (exact) mass is 294 g/mol. The first-order valence-electron chi connectivity index (χ1n) is 7.32. The van der Waals surface area contributed by atoms with Gasteiger partial charge >= 0.3 is 0 Å². The molecule has 0 radical (unpaired) electrons. The van der Waals surface area contributed by atoms with Crippen molar-refractivity contribution in [1.29, 1.82) is 0 Å². The Balaban J connectivity index is 3.12. The summed E-state index contributed by atoms with van der Waals surface area (Å²) in [7, 11) is -1.83. The Morgan fingerprint density at radius 3 is 2.00 bits per heavy atom. The molecular weight excluding hydrogens is 264 g/mol. The van der Waals surface area contributed by atoms with Gasteiger partial charge in [0.15, 0.2) is 0 Å². The molecule has 2 nitrogen and oxygen atoms in total. The Morgan fingerprint density at radius 1 is 1.05 bits per heavy atom. The van der Waals surface area contributed by atoms with Crippen molar-refractivity contribution in [1.82, 2.24) is 0 Å². The minimum atomic E-state index is -1.83. The average molecular weight is 295 g/mol. The Bertz CT molecular complexity index is 465. The molecule has 3 heteroatoms. The molecule has 1 aromatic rings. The van der Waals surface area contributed by atoms with E-state index in [-0.39, 0.29) is 17.1 Å². The van der Waals surface area contributed by atoms with Crippen LogP contribution in [0.3, 0.4) is 0 Å². The van der Waals surface area contributed by atoms with Crippen molar-refractivity contribution in [2.24, 2.45) is 0 Å². The van der Waals surface area contributed by atoms with Crippen molar-refractivity contribution in [3.05, 3.63) is 29.3 Å². The standard InChI is InChI=1S/C17H30O2Si/c1-16(2,3)15-10-9-14(11-13(15)12-18)19-20(7,8)17(4,5)6/h9-11,18H,12H2,1-8H3. The predicted molar refractivity (Wildman–Crippen MR) is 88.9 cm³/mol. The van der Waals surface area contributed by atoms with Crippen LogP contribution in [0.4, 0.5) is 0 Å². The lowest BCUT2D eigenvalue weighted by Crippen LogP contribution is -2.43. The fourth-order valence-corrected chi connectivity index (χ4v) is 2.97. The van der Waals surface area contributed by atoms with Crippen molar-refractivity contribution >= 4 is 8.32 Å². The minimum Gasteiger partial charge on any atom is -0.543 e. The molecule has 0 aliphatic heterocycles. The van der Waals surface area contributed by atoms with Crippen molar-refractivity contribution in [3.8, 4) is 5.75 Å². The molecule has 1 aromatic carbocycles. The number of hydrogen-bond acceptors (Lipinski definition) is 2. The average Bonchev–Trinajstić information content (AvgIpc) is 2.25. The van der Waals surface area contributed by atoms with E-state index in [4.69, 9.17) is 4.43 Å². The first kappa shape index (κ1) is 17.2. The SMILES string of the molecule is CC(C)(C)c1ccc(O[Si](C)(C)C(C)(C)C)cc1CO. The van der Waals surface area contributed by atoms with E-state index >= 15 is 0 Å². The Labute approximate surface area is 125 Å². The van der Waals surface area contributed by atoms with Crippen LogP contribution in [-0.4, -0.2) is 13.4 Å². The zero-order chi connectivity index (χ0) is 15.8. The smallest absolute Gasteiger partial charge is 0.250 e. The number of aliphatic hydroxyl groups is 1. The summed E-state index contributed by atoms with van der Waals surface area (Å²) in [4.78, 5) is 0. The van der Waals surface area contributed by atoms with Gasteiger partial charge in [0.25, 0.3) is 0 Å². The Morgan fingerprint density at radius 2 is 1.60 bits per heavy atom. The summed E-state index contributed by atoms with van der Waals surface area (Å²) in [6, 6.07) is 6.13. The van der Waals surface area contributed by atoms with Crippen LogP contribution in [-0.2, 0) is 12.0 Å². The van der Waals surface area contributed by atoms with E-state index < -0.39 is 8.32 Å². The second kappa shape index (κ2) is 5.53. The van der Waals surface area contributed by atoms with Gasteiger partial charge in [0.05, 0.1) is 6.61 Å². The van der Waals surface area contributed by atoms with Crippen LogP contribution in [0.5, 0.6) is 5.75 Å². The molecule has 20 heavy (non-hydrogen) atoms. The van der Waals surface area contributed by atoms with E-state index in [1.54, 1.807) is 0 Å². The van der Waals surface area contributed by atoms with Crippen LogP contribution in [0, 0.1) is 0 Å². The number of hydrogen-bond donors (Lipinski definition) is 1. The molecule has 1 rings (SSSR count). The van der Waals surface area contributed by atoms with Gasteiger partial charge in [-0.05, 0) is 46.8 Å². The Hall–Kier alpha value is -0.803. The molecular formula is C17H30O2Si. The van der Waals surface area contributed by atoms with E-state index in [1.807, 2.05) is 12.1 Å². The molecule has 0 amide bonds. The maximum Gasteiger partial charge on any atom is 0.250 e. The van der Waals surface area contributed by atoms with E-state index in [0.717, 1.165) is 11.3 Å². The third-order valence-electron chi connectivity index (χ3n) is 4.23. The fourth-order valence-electron chi connectivity index (χ4n) is 1.94. The van der Waals surface area contributed by atoms with E-state index in [2.05, 4.69) is 60.7 Å². The molecule has 0 aliphatic rings. The highest BCUT2D eigenvalue weighted by Gasteiger charge is 2.39. The zero-order valence-corrected chi connectivity index (χ0v) is 15.3. The van der Waals surface area contributed by atoms with Crippen molar-refractivity contribution in [2.75, 3.05) is 0 Å². The number of rotatable bonds is 3. The summed E-state index contributed by atoms with van der Waals surface area (Å²) in [5, 5.41) is 9.80. The molecule has 0 heterocycles. The summed E-state index contributed by atoms with van der Waals surface area (Å²) >= 11 is 0. The van der Waals surface area contributed by atoms with Gasteiger partial charge in [0, 0.05) is 0 Å². The molecule has 0 saturated carbocycles. The van der Waals surface area contributed by atoms with Crippen LogP contribution in [0.2, 0.25) is 18.1 Å². The molecule has 114 valence electrons. The lowest BCUT2D eigenvalue weighted by Gasteiger charge is -2.36. The molecule has 0 atom stereocenters. The molecule has 1 N–H and O–H groups in total. The fraction of sp³-hybridized carbons (Fsp3) is 0.647. The lowest BCUT2D eigenvalue weighted by molar-refractivity contribution is 0.278. The largest absolute Gasteiger partial charge is 0.543 e. The van der Waals surface area contributed by atoms with Gasteiger partial charge in [0.2, 0.25) is 8.32 Å². The molecule has 0 fully saturated rings. The highest BCUT2D eigenvalue weighted by Crippen LogP contribution is 2.38. The normalized spacial score (nSPS) is 13.4. The van der Waals surface area contributed by atoms with E-state index in [1.165, 1.54) is 5.56 Å². The highest BCUT2D eigenvalue weighted by molar-refractivity contribution is 6.74. The summed E-state index contributed by atoms with van der Waals surface area (Å²) in [6.07, 6.45) is 0. The first-order valence-corrected chi connectivity index (χ1v) is 10.2. The van der Waals surface area contributed by atoms with Gasteiger partial charge in [-0.2, -0.15) is 0 Å². The lowest BCUT2D eigenvalue weighted by atomic mass is 9.84. The summed E-state index contributed by atoms with van der Waals surface area (Å²) in [5.41, 5.74) is 2.18. The highest BCUT2D eigenvalue weighted by atomic mass is 28.4. The van der Waals surface area contributed by atoms with Gasteiger partial charge in [-0.25, -0.2) is 0 Å². The molecule has 0 saturated heterocycles. The summed E-state index contributed by atoms with van der Waals surface area (Å²) in [5.74, 6) is 0.883. The topological polar surface area (TPSA) is 29.5 Å². The van der Waals surface area contributed by atoms with Crippen molar-refractivity contribution in [2.45, 2.75) is 71.7 Å². The van der Waals surface area contributed by atoms with Crippen molar-refractivity contribution < 1.29 is 9.53 Å². The first-order chi connectivity index (χ1) is 8.88. The van der Waals surface area contributed by atoms with Crippen LogP contribution in [0.15, 0.2) is 18.2 Å². The van der Waals surface area contributed by atoms with Gasteiger partial charge < -0.3 is 9.53 Å². The summed E-state index contributed by atoms with van der Waals surface area (Å²) in [6.45, 7) is 17.7. The summed E-state index contributed by atoms with van der Waals surface area (Å²) < 4.78 is 6.30. The third kappa shape index (κ3) is 3.86. The van der Waals surface area contributed by atoms with E-state index in [0.29, 0.717) is 0 Å². The molecule has 0 aliphatic carbocycles. The van der Waals surface area contributed by atoms with Gasteiger partial charge in [-0.3, -0.25) is 0 Å². The third-order valence-corrected chi connectivity index (χ3v) is 8.59. The Kier molecular flexibility index (Phi) is 4.77. The van der Waals surface area contributed by atoms with Crippen LogP contribution < -0.4 is 4.43 Å². The van der Waals surface area contributed by atoms with Crippen molar-refractivity contribution in [3.63, 3.8) is 0 Å². The van der Waals surface area contributed by atoms with Crippen LogP contribution in [0.25, 0.3) is 0 Å². The molecule has 0 unspecified atom stereocenters. The second-order valence-corrected chi connectivity index (χ2v) is 12.8. The van der Waals surface area contributed by atoms with Gasteiger partial charge in [-0.1, -0.05) is 47.6 Å². The van der Waals surface area contributed by atoms with Gasteiger partial charge in [0.1, 0.15) is 5.75 Å². The van der Waals surface area contributed by atoms with Crippen LogP contribution >= 0.6 is 0 Å². The number of benzene rings is 1. The van der Waals surface area contributed by atoms with E-state index in [9.17, 15) is 5.11 Å². The molecule has 0 bridgehead atoms. The van der Waals surface area contributed by atoms with Crippen LogP contribution in [0.1, 0.15) is 52.7 Å². The molecule has 0 aromatic heterocycles. The second-order valence-electron chi connectivity index (χ2n) is 8.09. The molecule has 0 spiro atoms. The zero-order valence-electron chi connectivity index (χ0n) is 14.3. The quantitative estimate of drug-likeness (QED) is 0.807. The minimum absolute atomic E-state index is 0.0353. The van der Waals surface area contributed by atoms with Gasteiger partial charge in [-0.15, -0.1) is 0 Å². The maximum absolute atomic E-state index is 9.62.